The van der Waals surface area contributed by atoms with Gasteiger partial charge in [0, 0.05) is 6.21 Å². The van der Waals surface area contributed by atoms with E-state index in [2.05, 4.69) is 10.6 Å². The summed E-state index contributed by atoms with van der Waals surface area (Å²) in [7, 11) is 0. The minimum Gasteiger partial charge on any atom is -0.302 e. The lowest BCUT2D eigenvalue weighted by Crippen LogP contribution is -2.56. The summed E-state index contributed by atoms with van der Waals surface area (Å²) in [6.45, 7) is 0. The smallest absolute Gasteiger partial charge is 0.244 e. The molecule has 0 radical (unpaired) electrons. The highest BCUT2D eigenvalue weighted by molar-refractivity contribution is 7.80. The predicted molar refractivity (Wildman–Crippen MR) is 81.8 cm³/mol. The fraction of sp³-hybridized carbons (Fsp3) is 0.733. The van der Waals surface area contributed by atoms with Gasteiger partial charge in [-0.25, -0.2) is 0 Å². The van der Waals surface area contributed by atoms with Crippen molar-refractivity contribution in [2.45, 2.75) is 44.1 Å². The van der Waals surface area contributed by atoms with Crippen LogP contribution in [0.3, 0.4) is 0 Å². The van der Waals surface area contributed by atoms with Gasteiger partial charge in [-0.2, -0.15) is 0 Å². The predicted octanol–water partition coefficient (Wildman–Crippen LogP) is 1.17. The Hall–Kier alpha value is -1.30. The van der Waals surface area contributed by atoms with Crippen LogP contribution < -0.4 is 10.6 Å². The van der Waals surface area contributed by atoms with E-state index in [0.717, 1.165) is 37.0 Å². The fourth-order valence-electron chi connectivity index (χ4n) is 5.12. The van der Waals surface area contributed by atoms with Gasteiger partial charge >= 0.3 is 0 Å². The van der Waals surface area contributed by atoms with E-state index in [1.54, 1.807) is 6.21 Å². The van der Waals surface area contributed by atoms with Gasteiger partial charge in [0.25, 0.3) is 0 Å². The summed E-state index contributed by atoms with van der Waals surface area (Å²) in [5.41, 5.74) is -0.00668. The monoisotopic (exact) mass is 305 g/mol. The van der Waals surface area contributed by atoms with Crippen LogP contribution in [0.15, 0.2) is 4.99 Å². The molecule has 0 unspecified atom stereocenters. The standard InChI is InChI=1S/C15H19N3O2S/c19-12-11(13(20)18-14(21)17-12)7-16-15-4-8-1-9(5-15)3-10(2-8)6-15/h7-11H,1-6H2,(H2,17,18,19,20,21). The molecule has 2 amide bonds. The first-order valence-electron chi connectivity index (χ1n) is 7.74. The van der Waals surface area contributed by atoms with Crippen molar-refractivity contribution in [3.8, 4) is 0 Å². The van der Waals surface area contributed by atoms with E-state index in [-0.39, 0.29) is 22.5 Å². The van der Waals surface area contributed by atoms with E-state index in [4.69, 9.17) is 17.2 Å². The van der Waals surface area contributed by atoms with Crippen molar-refractivity contribution in [2.24, 2.45) is 28.7 Å². The average molecular weight is 305 g/mol. The molecule has 2 N–H and O–H groups in total. The molecular weight excluding hydrogens is 286 g/mol. The first-order chi connectivity index (χ1) is 10.0. The first kappa shape index (κ1) is 13.4. The van der Waals surface area contributed by atoms with E-state index in [9.17, 15) is 9.59 Å². The molecule has 112 valence electrons. The number of carbonyl (C=O) groups excluding carboxylic acids is 2. The number of carbonyl (C=O) groups is 2. The maximum atomic E-state index is 11.9. The molecule has 21 heavy (non-hydrogen) atoms. The summed E-state index contributed by atoms with van der Waals surface area (Å²) in [4.78, 5) is 28.5. The molecule has 0 aromatic heterocycles. The van der Waals surface area contributed by atoms with Crippen molar-refractivity contribution in [2.75, 3.05) is 0 Å². The van der Waals surface area contributed by atoms with Crippen LogP contribution in [0.2, 0.25) is 0 Å². The third kappa shape index (κ3) is 2.29. The van der Waals surface area contributed by atoms with Crippen LogP contribution in [-0.4, -0.2) is 28.7 Å². The van der Waals surface area contributed by atoms with Crippen molar-refractivity contribution in [3.05, 3.63) is 0 Å². The Labute approximate surface area is 129 Å². The molecule has 1 heterocycles. The Morgan fingerprint density at radius 1 is 1.00 bits per heavy atom. The fourth-order valence-corrected chi connectivity index (χ4v) is 5.32. The zero-order valence-corrected chi connectivity index (χ0v) is 12.6. The summed E-state index contributed by atoms with van der Waals surface area (Å²) in [5, 5.41) is 5.06. The topological polar surface area (TPSA) is 70.6 Å². The first-order valence-corrected chi connectivity index (χ1v) is 8.15. The summed E-state index contributed by atoms with van der Waals surface area (Å²) in [5.74, 6) is 0.833. The average Bonchev–Trinajstić information content (AvgIpc) is 2.35. The van der Waals surface area contributed by atoms with Crippen LogP contribution >= 0.6 is 12.2 Å². The lowest BCUT2D eigenvalue weighted by atomic mass is 9.53. The maximum absolute atomic E-state index is 11.9. The van der Waals surface area contributed by atoms with Crippen molar-refractivity contribution in [1.82, 2.24) is 10.6 Å². The molecule has 1 aliphatic heterocycles. The number of hydrogen-bond donors (Lipinski definition) is 2. The molecule has 0 aromatic carbocycles. The lowest BCUT2D eigenvalue weighted by molar-refractivity contribution is -0.131. The number of aliphatic imine (C=N–C) groups is 1. The second kappa shape index (κ2) is 4.60. The third-order valence-electron chi connectivity index (χ3n) is 5.54. The van der Waals surface area contributed by atoms with Gasteiger partial charge in [0.05, 0.1) is 5.54 Å². The number of rotatable bonds is 2. The number of nitrogens with zero attached hydrogens (tertiary/aromatic N) is 1. The largest absolute Gasteiger partial charge is 0.302 e. The van der Waals surface area contributed by atoms with Crippen molar-refractivity contribution in [1.29, 1.82) is 0 Å². The molecule has 4 aliphatic carbocycles. The maximum Gasteiger partial charge on any atom is 0.244 e. The Kier molecular flexibility index (Phi) is 2.93. The molecule has 5 rings (SSSR count). The summed E-state index contributed by atoms with van der Waals surface area (Å²) in [6, 6.07) is 0. The third-order valence-corrected chi connectivity index (χ3v) is 5.75. The van der Waals surface area contributed by atoms with Crippen LogP contribution in [-0.2, 0) is 9.59 Å². The Balaban J connectivity index is 1.54. The number of amides is 2. The Morgan fingerprint density at radius 2 is 1.48 bits per heavy atom. The van der Waals surface area contributed by atoms with Gasteiger partial charge in [0.1, 0.15) is 0 Å². The van der Waals surface area contributed by atoms with Gasteiger partial charge < -0.3 is 10.6 Å². The summed E-state index contributed by atoms with van der Waals surface area (Å²) >= 11 is 4.80. The molecule has 6 heteroatoms. The normalized spacial score (nSPS) is 42.5. The van der Waals surface area contributed by atoms with Crippen LogP contribution in [0.5, 0.6) is 0 Å². The SMILES string of the molecule is O=C1NC(=S)NC(=O)C1C=NC12CC3CC(CC(C3)C1)C2. The quantitative estimate of drug-likeness (QED) is 0.457. The minimum absolute atomic E-state index is 0.00668. The van der Waals surface area contributed by atoms with Crippen molar-refractivity contribution >= 4 is 35.4 Å². The molecule has 0 spiro atoms. The minimum atomic E-state index is -0.843. The number of nitrogens with one attached hydrogen (secondary N) is 2. The Morgan fingerprint density at radius 3 is 1.95 bits per heavy atom. The molecule has 1 saturated heterocycles. The van der Waals surface area contributed by atoms with Crippen LogP contribution in [0, 0.1) is 23.7 Å². The second-order valence-corrected chi connectivity index (χ2v) is 7.61. The van der Waals surface area contributed by atoms with Crippen LogP contribution in [0.25, 0.3) is 0 Å². The highest BCUT2D eigenvalue weighted by Crippen LogP contribution is 2.57. The number of thiocarbonyl (C=S) groups is 1. The molecule has 5 fully saturated rings. The van der Waals surface area contributed by atoms with Gasteiger partial charge in [0.15, 0.2) is 11.0 Å². The molecular formula is C15H19N3O2S. The van der Waals surface area contributed by atoms with Gasteiger partial charge in [-0.15, -0.1) is 0 Å². The van der Waals surface area contributed by atoms with Gasteiger partial charge in [-0.1, -0.05) is 0 Å². The molecule has 4 bridgehead atoms. The summed E-state index contributed by atoms with van der Waals surface area (Å²) < 4.78 is 0. The van der Waals surface area contributed by atoms with Crippen molar-refractivity contribution < 1.29 is 9.59 Å². The molecule has 0 aromatic rings. The van der Waals surface area contributed by atoms with Crippen molar-refractivity contribution in [3.63, 3.8) is 0 Å². The lowest BCUT2D eigenvalue weighted by Gasteiger charge is -2.55. The molecule has 0 atom stereocenters. The van der Waals surface area contributed by atoms with E-state index in [1.807, 2.05) is 0 Å². The van der Waals surface area contributed by atoms with E-state index >= 15 is 0 Å². The molecule has 4 saturated carbocycles. The van der Waals surface area contributed by atoms with Crippen LogP contribution in [0.4, 0.5) is 0 Å². The van der Waals surface area contributed by atoms with Gasteiger partial charge in [-0.3, -0.25) is 14.6 Å². The van der Waals surface area contributed by atoms with Crippen LogP contribution in [0.1, 0.15) is 38.5 Å². The van der Waals surface area contributed by atoms with Gasteiger partial charge in [-0.05, 0) is 68.5 Å². The Bertz CT molecular complexity index is 502. The molecule has 5 nitrogen and oxygen atoms in total. The zero-order chi connectivity index (χ0) is 14.6. The zero-order valence-electron chi connectivity index (χ0n) is 11.8. The number of hydrogen-bond acceptors (Lipinski definition) is 4. The van der Waals surface area contributed by atoms with Gasteiger partial charge in [0.2, 0.25) is 11.8 Å². The van der Waals surface area contributed by atoms with E-state index in [0.29, 0.717) is 0 Å². The molecule has 5 aliphatic rings. The second-order valence-electron chi connectivity index (χ2n) is 7.21. The van der Waals surface area contributed by atoms with E-state index in [1.165, 1.54) is 19.3 Å². The highest BCUT2D eigenvalue weighted by atomic mass is 32.1. The van der Waals surface area contributed by atoms with E-state index < -0.39 is 5.92 Å². The summed E-state index contributed by atoms with van der Waals surface area (Å²) in [6.07, 6.45) is 9.02. The highest BCUT2D eigenvalue weighted by Gasteiger charge is 2.51.